The molecular weight excluding hydrogens is 446 g/mol. The van der Waals surface area contributed by atoms with Crippen LogP contribution in [0.1, 0.15) is 44.7 Å². The first-order chi connectivity index (χ1) is 15.4. The minimum atomic E-state index is -0.323. The highest BCUT2D eigenvalue weighted by Crippen LogP contribution is 2.30. The molecule has 1 atom stereocenters. The van der Waals surface area contributed by atoms with E-state index in [1.807, 2.05) is 32.0 Å². The number of likely N-dealkylation sites (tertiary alicyclic amines) is 1. The number of benzene rings is 2. The zero-order chi connectivity index (χ0) is 22.7. The lowest BCUT2D eigenvalue weighted by molar-refractivity contribution is 0.102. The van der Waals surface area contributed by atoms with Crippen molar-refractivity contribution in [2.45, 2.75) is 32.6 Å². The number of piperidine rings is 1. The molecule has 2 heterocycles. The molecule has 3 amide bonds. The Morgan fingerprint density at radius 3 is 2.66 bits per heavy atom. The van der Waals surface area contributed by atoms with Gasteiger partial charge in [0.05, 0.1) is 0 Å². The largest absolute Gasteiger partial charge is 0.324 e. The van der Waals surface area contributed by atoms with Crippen LogP contribution < -0.4 is 10.6 Å². The fourth-order valence-electron chi connectivity index (χ4n) is 3.63. The highest BCUT2D eigenvalue weighted by Gasteiger charge is 2.28. The number of rotatable bonds is 4. The first kappa shape index (κ1) is 22.2. The number of carbonyl (C=O) groups excluding carboxylic acids is 2. The third-order valence-electron chi connectivity index (χ3n) is 5.53. The van der Waals surface area contributed by atoms with Crippen molar-refractivity contribution < 1.29 is 9.59 Å². The van der Waals surface area contributed by atoms with Gasteiger partial charge in [-0.3, -0.25) is 4.79 Å². The van der Waals surface area contributed by atoms with Crippen LogP contribution in [0.25, 0.3) is 0 Å². The van der Waals surface area contributed by atoms with Crippen molar-refractivity contribution >= 4 is 46.3 Å². The number of hydrogen-bond donors (Lipinski definition) is 2. The number of aryl methyl sites for hydroxylation is 2. The molecule has 1 aliphatic heterocycles. The Morgan fingerprint density at radius 1 is 1.06 bits per heavy atom. The standard InChI is InChI=1S/C23H24ClN5O2S/c1-14-8-9-19(11-15(14)2)26-23(31)29-10-4-5-16(13-29)21-27-28-22(32-21)20(30)25-18-7-3-6-17(24)12-18/h3,6-9,11-12,16H,4-5,10,13H2,1-2H3,(H,25,30)(H,26,31)/t16-/m1/s1. The van der Waals surface area contributed by atoms with Crippen LogP contribution in [0.2, 0.25) is 5.02 Å². The Bertz CT molecular complexity index is 1150. The van der Waals surface area contributed by atoms with Crippen LogP contribution >= 0.6 is 22.9 Å². The van der Waals surface area contributed by atoms with Gasteiger partial charge < -0.3 is 15.5 Å². The molecule has 1 fully saturated rings. The van der Waals surface area contributed by atoms with Gasteiger partial charge in [0.15, 0.2) is 0 Å². The molecule has 2 N–H and O–H groups in total. The van der Waals surface area contributed by atoms with E-state index in [9.17, 15) is 9.59 Å². The summed E-state index contributed by atoms with van der Waals surface area (Å²) in [5.41, 5.74) is 3.71. The fourth-order valence-corrected chi connectivity index (χ4v) is 4.68. The van der Waals surface area contributed by atoms with Crippen LogP contribution in [0.5, 0.6) is 0 Å². The van der Waals surface area contributed by atoms with E-state index in [1.54, 1.807) is 29.2 Å². The van der Waals surface area contributed by atoms with Crippen molar-refractivity contribution in [1.82, 2.24) is 15.1 Å². The minimum absolute atomic E-state index is 0.0551. The fraction of sp³-hybridized carbons (Fsp3) is 0.304. The average Bonchev–Trinajstić information content (AvgIpc) is 3.27. The van der Waals surface area contributed by atoms with Gasteiger partial charge in [0.1, 0.15) is 5.01 Å². The number of nitrogens with zero attached hydrogens (tertiary/aromatic N) is 3. The molecule has 0 aliphatic carbocycles. The number of anilines is 2. The zero-order valence-electron chi connectivity index (χ0n) is 17.9. The summed E-state index contributed by atoms with van der Waals surface area (Å²) in [5, 5.41) is 15.7. The number of aromatic nitrogens is 2. The molecule has 0 spiro atoms. The van der Waals surface area contributed by atoms with Gasteiger partial charge in [-0.25, -0.2) is 4.79 Å². The molecule has 0 radical (unpaired) electrons. The third-order valence-corrected chi connectivity index (χ3v) is 6.85. The zero-order valence-corrected chi connectivity index (χ0v) is 19.5. The third kappa shape index (κ3) is 5.26. The van der Waals surface area contributed by atoms with Crippen LogP contribution in [-0.2, 0) is 0 Å². The molecule has 0 saturated carbocycles. The molecule has 4 rings (SSSR count). The topological polar surface area (TPSA) is 87.2 Å². The van der Waals surface area contributed by atoms with Crippen molar-refractivity contribution in [3.8, 4) is 0 Å². The number of halogens is 1. The van der Waals surface area contributed by atoms with Crippen LogP contribution in [0.3, 0.4) is 0 Å². The second-order valence-electron chi connectivity index (χ2n) is 7.92. The van der Waals surface area contributed by atoms with Gasteiger partial charge in [-0.05, 0) is 68.1 Å². The van der Waals surface area contributed by atoms with Gasteiger partial charge in [0.25, 0.3) is 5.91 Å². The maximum atomic E-state index is 12.8. The number of amides is 3. The van der Waals surface area contributed by atoms with Crippen molar-refractivity contribution in [1.29, 1.82) is 0 Å². The molecule has 32 heavy (non-hydrogen) atoms. The number of urea groups is 1. The smallest absolute Gasteiger partial charge is 0.321 e. The van der Waals surface area contributed by atoms with Crippen molar-refractivity contribution in [3.05, 3.63) is 68.6 Å². The minimum Gasteiger partial charge on any atom is -0.324 e. The van der Waals surface area contributed by atoms with Crippen LogP contribution in [0.4, 0.5) is 16.2 Å². The summed E-state index contributed by atoms with van der Waals surface area (Å²) in [6.45, 7) is 5.30. The Hall–Kier alpha value is -2.97. The van der Waals surface area contributed by atoms with Gasteiger partial charge in [-0.15, -0.1) is 10.2 Å². The van der Waals surface area contributed by atoms with Crippen LogP contribution in [0, 0.1) is 13.8 Å². The van der Waals surface area contributed by atoms with E-state index < -0.39 is 0 Å². The molecule has 1 saturated heterocycles. The quantitative estimate of drug-likeness (QED) is 0.530. The molecule has 0 bridgehead atoms. The van der Waals surface area contributed by atoms with Crippen molar-refractivity contribution in [3.63, 3.8) is 0 Å². The van der Waals surface area contributed by atoms with E-state index in [0.29, 0.717) is 23.8 Å². The predicted octanol–water partition coefficient (Wildman–Crippen LogP) is 5.47. The highest BCUT2D eigenvalue weighted by molar-refractivity contribution is 7.13. The van der Waals surface area contributed by atoms with Gasteiger partial charge in [-0.1, -0.05) is 35.1 Å². The Balaban J connectivity index is 1.39. The van der Waals surface area contributed by atoms with E-state index in [4.69, 9.17) is 11.6 Å². The predicted molar refractivity (Wildman–Crippen MR) is 128 cm³/mol. The summed E-state index contributed by atoms with van der Waals surface area (Å²) in [5.74, 6) is -0.268. The summed E-state index contributed by atoms with van der Waals surface area (Å²) in [4.78, 5) is 27.1. The number of nitrogens with one attached hydrogen (secondary N) is 2. The van der Waals surface area contributed by atoms with Gasteiger partial charge in [0.2, 0.25) is 5.01 Å². The normalized spacial score (nSPS) is 16.0. The molecule has 1 aliphatic rings. The van der Waals surface area contributed by atoms with E-state index in [0.717, 1.165) is 29.1 Å². The van der Waals surface area contributed by atoms with Gasteiger partial charge >= 0.3 is 6.03 Å². The molecule has 9 heteroatoms. The molecular formula is C23H24ClN5O2S. The van der Waals surface area contributed by atoms with E-state index >= 15 is 0 Å². The molecule has 1 aromatic heterocycles. The molecule has 166 valence electrons. The average molecular weight is 470 g/mol. The van der Waals surface area contributed by atoms with E-state index in [-0.39, 0.29) is 22.9 Å². The lowest BCUT2D eigenvalue weighted by atomic mass is 9.99. The van der Waals surface area contributed by atoms with Crippen LogP contribution in [0.15, 0.2) is 42.5 Å². The highest BCUT2D eigenvalue weighted by atomic mass is 35.5. The summed E-state index contributed by atoms with van der Waals surface area (Å²) in [7, 11) is 0. The summed E-state index contributed by atoms with van der Waals surface area (Å²) in [6.07, 6.45) is 1.77. The van der Waals surface area contributed by atoms with Gasteiger partial charge in [0, 0.05) is 35.4 Å². The second kappa shape index (κ2) is 9.67. The summed E-state index contributed by atoms with van der Waals surface area (Å²) >= 11 is 7.24. The van der Waals surface area contributed by atoms with Gasteiger partial charge in [-0.2, -0.15) is 0 Å². The lowest BCUT2D eigenvalue weighted by Crippen LogP contribution is -2.41. The van der Waals surface area contributed by atoms with Crippen LogP contribution in [-0.4, -0.2) is 40.1 Å². The first-order valence-electron chi connectivity index (χ1n) is 10.4. The molecule has 7 nitrogen and oxygen atoms in total. The Kier molecular flexibility index (Phi) is 6.72. The SMILES string of the molecule is Cc1ccc(NC(=O)N2CCC[C@@H](c3nnc(C(=O)Nc4cccc(Cl)c4)s3)C2)cc1C. The maximum Gasteiger partial charge on any atom is 0.321 e. The summed E-state index contributed by atoms with van der Waals surface area (Å²) in [6, 6.07) is 12.7. The second-order valence-corrected chi connectivity index (χ2v) is 9.37. The van der Waals surface area contributed by atoms with E-state index in [1.165, 1.54) is 16.9 Å². The van der Waals surface area contributed by atoms with Crippen molar-refractivity contribution in [2.75, 3.05) is 23.7 Å². The number of hydrogen-bond acceptors (Lipinski definition) is 5. The molecule has 3 aromatic rings. The summed E-state index contributed by atoms with van der Waals surface area (Å²) < 4.78 is 0. The van der Waals surface area contributed by atoms with E-state index in [2.05, 4.69) is 20.8 Å². The monoisotopic (exact) mass is 469 g/mol. The Morgan fingerprint density at radius 2 is 1.88 bits per heavy atom. The lowest BCUT2D eigenvalue weighted by Gasteiger charge is -2.31. The molecule has 0 unspecified atom stereocenters. The maximum absolute atomic E-state index is 12.8. The Labute approximate surface area is 195 Å². The van der Waals surface area contributed by atoms with Crippen molar-refractivity contribution in [2.24, 2.45) is 0 Å². The number of carbonyl (C=O) groups is 2. The first-order valence-corrected chi connectivity index (χ1v) is 11.6. The molecule has 2 aromatic carbocycles.